The first kappa shape index (κ1) is 15.3. The average Bonchev–Trinajstić information content (AvgIpc) is 2.87. The van der Waals surface area contributed by atoms with Gasteiger partial charge in [0, 0.05) is 13.0 Å². The molecule has 7 heteroatoms. The molecule has 2 heterocycles. The maximum Gasteiger partial charge on any atom is 0.262 e. The molecule has 0 aromatic heterocycles. The Morgan fingerprint density at radius 3 is 2.68 bits per heavy atom. The molecule has 2 aliphatic heterocycles. The minimum Gasteiger partial charge on any atom is -0.370 e. The average molecular weight is 314 g/mol. The molecule has 2 unspecified atom stereocenters. The lowest BCUT2D eigenvalue weighted by Gasteiger charge is -2.34. The minimum absolute atomic E-state index is 0.286. The highest BCUT2D eigenvalue weighted by Gasteiger charge is 2.44. The molecule has 3 rings (SSSR count). The van der Waals surface area contributed by atoms with E-state index in [-0.39, 0.29) is 24.4 Å². The third-order valence-electron chi connectivity index (χ3n) is 4.03. The topological polar surface area (TPSA) is 41.6 Å². The molecule has 0 radical (unpaired) electrons. The Kier molecular flexibility index (Phi) is 4.10. The molecular formula is C15H17F3N2O2. The SMILES string of the molecule is O=C(C1CC(F)(F)CN1)N1CCOC(c2ccc(F)cc2)C1. The number of halogens is 3. The largest absolute Gasteiger partial charge is 0.370 e. The molecule has 120 valence electrons. The Hall–Kier alpha value is -1.60. The number of amides is 1. The van der Waals surface area contributed by atoms with E-state index < -0.39 is 24.9 Å². The summed E-state index contributed by atoms with van der Waals surface area (Å²) in [7, 11) is 0. The molecule has 0 bridgehead atoms. The zero-order valence-electron chi connectivity index (χ0n) is 11.9. The second-order valence-corrected chi connectivity index (χ2v) is 5.69. The molecule has 1 amide bonds. The van der Waals surface area contributed by atoms with Crippen LogP contribution in [0, 0.1) is 5.82 Å². The molecule has 0 spiro atoms. The van der Waals surface area contributed by atoms with Gasteiger partial charge < -0.3 is 9.64 Å². The van der Waals surface area contributed by atoms with Crippen molar-refractivity contribution in [2.24, 2.45) is 0 Å². The van der Waals surface area contributed by atoms with Crippen molar-refractivity contribution in [2.45, 2.75) is 24.5 Å². The van der Waals surface area contributed by atoms with Crippen LogP contribution < -0.4 is 5.32 Å². The van der Waals surface area contributed by atoms with Crippen molar-refractivity contribution in [3.05, 3.63) is 35.6 Å². The number of hydrogen-bond acceptors (Lipinski definition) is 3. The highest BCUT2D eigenvalue weighted by molar-refractivity contribution is 5.82. The molecular weight excluding hydrogens is 297 g/mol. The van der Waals surface area contributed by atoms with Crippen molar-refractivity contribution in [1.82, 2.24) is 10.2 Å². The van der Waals surface area contributed by atoms with Gasteiger partial charge in [-0.25, -0.2) is 13.2 Å². The van der Waals surface area contributed by atoms with Gasteiger partial charge in [-0.15, -0.1) is 0 Å². The summed E-state index contributed by atoms with van der Waals surface area (Å²) in [6.45, 7) is 0.528. The Morgan fingerprint density at radius 2 is 2.05 bits per heavy atom. The summed E-state index contributed by atoms with van der Waals surface area (Å²) in [4.78, 5) is 13.9. The fourth-order valence-corrected chi connectivity index (χ4v) is 2.84. The number of benzene rings is 1. The lowest BCUT2D eigenvalue weighted by atomic mass is 10.1. The summed E-state index contributed by atoms with van der Waals surface area (Å²) < 4.78 is 45.0. The summed E-state index contributed by atoms with van der Waals surface area (Å²) in [6, 6.07) is 5.03. The predicted octanol–water partition coefficient (Wildman–Crippen LogP) is 1.72. The molecule has 0 saturated carbocycles. The lowest BCUT2D eigenvalue weighted by molar-refractivity contribution is -0.141. The van der Waals surface area contributed by atoms with Crippen LogP contribution in [0.5, 0.6) is 0 Å². The summed E-state index contributed by atoms with van der Waals surface area (Å²) >= 11 is 0. The number of ether oxygens (including phenoxy) is 1. The van der Waals surface area contributed by atoms with Crippen LogP contribution in [0.1, 0.15) is 18.1 Å². The van der Waals surface area contributed by atoms with E-state index in [1.807, 2.05) is 0 Å². The van der Waals surface area contributed by atoms with Gasteiger partial charge in [0.05, 0.1) is 25.7 Å². The number of morpholine rings is 1. The Balaban J connectivity index is 1.65. The molecule has 1 N–H and O–H groups in total. The first-order chi connectivity index (χ1) is 10.4. The fraction of sp³-hybridized carbons (Fsp3) is 0.533. The van der Waals surface area contributed by atoms with E-state index in [2.05, 4.69) is 5.32 Å². The van der Waals surface area contributed by atoms with Crippen LogP contribution in [0.2, 0.25) is 0 Å². The zero-order valence-corrected chi connectivity index (χ0v) is 11.9. The molecule has 22 heavy (non-hydrogen) atoms. The Labute approximate surface area is 126 Å². The van der Waals surface area contributed by atoms with Gasteiger partial charge in [0.25, 0.3) is 5.92 Å². The maximum absolute atomic E-state index is 13.2. The first-order valence-electron chi connectivity index (χ1n) is 7.22. The molecule has 2 saturated heterocycles. The number of nitrogens with zero attached hydrogens (tertiary/aromatic N) is 1. The Bertz CT molecular complexity index is 550. The summed E-state index contributed by atoms with van der Waals surface area (Å²) in [6.07, 6.45) is -0.829. The molecule has 2 atom stereocenters. The summed E-state index contributed by atoms with van der Waals surface area (Å²) in [5.41, 5.74) is 0.767. The van der Waals surface area contributed by atoms with E-state index in [4.69, 9.17) is 4.74 Å². The number of carbonyl (C=O) groups excluding carboxylic acids is 1. The van der Waals surface area contributed by atoms with Gasteiger partial charge in [0.15, 0.2) is 0 Å². The summed E-state index contributed by atoms with van der Waals surface area (Å²) in [5, 5.41) is 2.57. The molecule has 0 aliphatic carbocycles. The minimum atomic E-state index is -2.83. The third kappa shape index (κ3) is 3.25. The van der Waals surface area contributed by atoms with E-state index in [0.717, 1.165) is 5.56 Å². The highest BCUT2D eigenvalue weighted by Crippen LogP contribution is 2.28. The Morgan fingerprint density at radius 1 is 1.32 bits per heavy atom. The number of carbonyl (C=O) groups is 1. The molecule has 1 aromatic carbocycles. The van der Waals surface area contributed by atoms with Crippen molar-refractivity contribution >= 4 is 5.91 Å². The van der Waals surface area contributed by atoms with Crippen molar-refractivity contribution in [3.63, 3.8) is 0 Å². The lowest BCUT2D eigenvalue weighted by Crippen LogP contribution is -2.49. The molecule has 2 aliphatic rings. The van der Waals surface area contributed by atoms with Crippen LogP contribution in [0.25, 0.3) is 0 Å². The fourth-order valence-electron chi connectivity index (χ4n) is 2.84. The van der Waals surface area contributed by atoms with Gasteiger partial charge in [-0.2, -0.15) is 0 Å². The maximum atomic E-state index is 13.2. The second kappa shape index (κ2) is 5.89. The quantitative estimate of drug-likeness (QED) is 0.904. The standard InChI is InChI=1S/C15H17F3N2O2/c16-11-3-1-10(2-4-11)13-8-20(5-6-22-13)14(21)12-7-15(17,18)9-19-12/h1-4,12-13,19H,5-9H2. The third-order valence-corrected chi connectivity index (χ3v) is 4.03. The van der Waals surface area contributed by atoms with Crippen LogP contribution >= 0.6 is 0 Å². The van der Waals surface area contributed by atoms with Gasteiger partial charge in [0.1, 0.15) is 11.9 Å². The molecule has 1 aromatic rings. The van der Waals surface area contributed by atoms with Crippen molar-refractivity contribution in [1.29, 1.82) is 0 Å². The smallest absolute Gasteiger partial charge is 0.262 e. The van der Waals surface area contributed by atoms with E-state index in [1.165, 1.54) is 17.0 Å². The van der Waals surface area contributed by atoms with E-state index >= 15 is 0 Å². The number of hydrogen-bond donors (Lipinski definition) is 1. The number of rotatable bonds is 2. The van der Waals surface area contributed by atoms with Crippen molar-refractivity contribution < 1.29 is 22.7 Å². The van der Waals surface area contributed by atoms with Crippen LogP contribution in [0.4, 0.5) is 13.2 Å². The monoisotopic (exact) mass is 314 g/mol. The highest BCUT2D eigenvalue weighted by atomic mass is 19.3. The van der Waals surface area contributed by atoms with Gasteiger partial charge in [-0.3, -0.25) is 10.1 Å². The number of alkyl halides is 2. The predicted molar refractivity (Wildman–Crippen MR) is 73.0 cm³/mol. The van der Waals surface area contributed by atoms with Crippen molar-refractivity contribution in [2.75, 3.05) is 26.2 Å². The van der Waals surface area contributed by atoms with Crippen LogP contribution in [-0.4, -0.2) is 49.0 Å². The molecule has 4 nitrogen and oxygen atoms in total. The van der Waals surface area contributed by atoms with Gasteiger partial charge in [-0.1, -0.05) is 12.1 Å². The van der Waals surface area contributed by atoms with E-state index in [9.17, 15) is 18.0 Å². The first-order valence-corrected chi connectivity index (χ1v) is 7.22. The molecule has 2 fully saturated rings. The van der Waals surface area contributed by atoms with Crippen LogP contribution in [0.3, 0.4) is 0 Å². The van der Waals surface area contributed by atoms with Gasteiger partial charge in [-0.05, 0) is 17.7 Å². The second-order valence-electron chi connectivity index (χ2n) is 5.69. The van der Waals surface area contributed by atoms with Crippen LogP contribution in [0.15, 0.2) is 24.3 Å². The zero-order chi connectivity index (χ0) is 15.7. The van der Waals surface area contributed by atoms with Gasteiger partial charge >= 0.3 is 0 Å². The van der Waals surface area contributed by atoms with Crippen molar-refractivity contribution in [3.8, 4) is 0 Å². The van der Waals surface area contributed by atoms with Crippen LogP contribution in [-0.2, 0) is 9.53 Å². The van der Waals surface area contributed by atoms with E-state index in [0.29, 0.717) is 13.2 Å². The van der Waals surface area contributed by atoms with Gasteiger partial charge in [0.2, 0.25) is 5.91 Å². The summed E-state index contributed by atoms with van der Waals surface area (Å²) in [5.74, 6) is -3.50. The normalized spacial score (nSPS) is 27.9. The number of nitrogens with one attached hydrogen (secondary N) is 1. The van der Waals surface area contributed by atoms with E-state index in [1.54, 1.807) is 12.1 Å².